The maximum Gasteiger partial charge on any atom is 0.255 e. The maximum atomic E-state index is 12.6. The van der Waals surface area contributed by atoms with Crippen LogP contribution < -0.4 is 14.8 Å². The number of benzene rings is 2. The van der Waals surface area contributed by atoms with Gasteiger partial charge in [0.2, 0.25) is 0 Å². The minimum Gasteiger partial charge on any atom is -0.494 e. The summed E-state index contributed by atoms with van der Waals surface area (Å²) in [6.07, 6.45) is 6.28. The summed E-state index contributed by atoms with van der Waals surface area (Å²) in [7, 11) is 1.86. The molecule has 7 nitrogen and oxygen atoms in total. The Morgan fingerprint density at radius 2 is 1.84 bits per heavy atom. The van der Waals surface area contributed by atoms with Gasteiger partial charge in [0.15, 0.2) is 0 Å². The number of hydrogen-bond acceptors (Lipinski definition) is 5. The lowest BCUT2D eigenvalue weighted by Crippen LogP contribution is -2.11. The lowest BCUT2D eigenvalue weighted by Gasteiger charge is -2.10. The van der Waals surface area contributed by atoms with Crippen LogP contribution in [0.5, 0.6) is 17.2 Å². The van der Waals surface area contributed by atoms with E-state index in [1.807, 2.05) is 44.4 Å². The van der Waals surface area contributed by atoms with Crippen LogP contribution in [0.4, 0.5) is 5.69 Å². The molecule has 0 unspecified atom stereocenters. The van der Waals surface area contributed by atoms with Crippen LogP contribution in [0.3, 0.4) is 0 Å². The second-order valence-electron chi connectivity index (χ2n) is 7.24. The number of anilines is 1. The molecule has 0 atom stereocenters. The number of pyridine rings is 1. The molecule has 2 aromatic carbocycles. The van der Waals surface area contributed by atoms with E-state index in [4.69, 9.17) is 9.47 Å². The lowest BCUT2D eigenvalue weighted by atomic mass is 10.2. The van der Waals surface area contributed by atoms with Gasteiger partial charge in [-0.1, -0.05) is 13.0 Å². The fourth-order valence-electron chi connectivity index (χ4n) is 3.09. The summed E-state index contributed by atoms with van der Waals surface area (Å²) in [6, 6.07) is 18.0. The molecule has 0 fully saturated rings. The van der Waals surface area contributed by atoms with Gasteiger partial charge in [0.1, 0.15) is 17.2 Å². The van der Waals surface area contributed by atoms with Gasteiger partial charge < -0.3 is 14.8 Å². The van der Waals surface area contributed by atoms with E-state index in [2.05, 4.69) is 15.4 Å². The first kappa shape index (κ1) is 21.1. The molecule has 0 aliphatic heterocycles. The molecular weight excluding hydrogens is 404 g/mol. The smallest absolute Gasteiger partial charge is 0.255 e. The minimum absolute atomic E-state index is 0.202. The van der Waals surface area contributed by atoms with E-state index in [1.165, 1.54) is 0 Å². The number of carbonyl (C=O) groups excluding carboxylic acids is 1. The molecule has 0 aliphatic carbocycles. The Hall–Kier alpha value is -4.13. The molecule has 0 bridgehead atoms. The van der Waals surface area contributed by atoms with Crippen molar-refractivity contribution in [3.05, 3.63) is 84.8 Å². The van der Waals surface area contributed by atoms with Gasteiger partial charge in [-0.15, -0.1) is 0 Å². The van der Waals surface area contributed by atoms with Crippen LogP contribution in [0.25, 0.3) is 11.3 Å². The highest BCUT2D eigenvalue weighted by Gasteiger charge is 2.09. The highest BCUT2D eigenvalue weighted by atomic mass is 16.5. The van der Waals surface area contributed by atoms with Crippen LogP contribution in [0.2, 0.25) is 0 Å². The number of aromatic nitrogens is 3. The molecule has 1 N–H and O–H groups in total. The van der Waals surface area contributed by atoms with E-state index < -0.39 is 0 Å². The second-order valence-corrected chi connectivity index (χ2v) is 7.24. The van der Waals surface area contributed by atoms with Gasteiger partial charge in [-0.3, -0.25) is 14.5 Å². The first-order valence-electron chi connectivity index (χ1n) is 10.4. The highest BCUT2D eigenvalue weighted by Crippen LogP contribution is 2.27. The molecule has 162 valence electrons. The molecule has 0 saturated heterocycles. The van der Waals surface area contributed by atoms with Gasteiger partial charge >= 0.3 is 0 Å². The van der Waals surface area contributed by atoms with Crippen molar-refractivity contribution < 1.29 is 14.3 Å². The van der Waals surface area contributed by atoms with Gasteiger partial charge in [-0.25, -0.2) is 0 Å². The third-order valence-corrected chi connectivity index (χ3v) is 4.65. The van der Waals surface area contributed by atoms with Crippen LogP contribution in [-0.2, 0) is 7.05 Å². The van der Waals surface area contributed by atoms with Gasteiger partial charge in [-0.05, 0) is 48.9 Å². The van der Waals surface area contributed by atoms with Gasteiger partial charge in [0, 0.05) is 48.4 Å². The molecule has 4 aromatic rings. The number of nitrogens with one attached hydrogen (secondary N) is 1. The Balaban J connectivity index is 1.43. The van der Waals surface area contributed by atoms with E-state index in [1.54, 1.807) is 53.5 Å². The van der Waals surface area contributed by atoms with Gasteiger partial charge in [0.25, 0.3) is 5.91 Å². The second kappa shape index (κ2) is 9.78. The third kappa shape index (κ3) is 5.31. The summed E-state index contributed by atoms with van der Waals surface area (Å²) in [6.45, 7) is 2.70. The fourth-order valence-corrected chi connectivity index (χ4v) is 3.09. The highest BCUT2D eigenvalue weighted by molar-refractivity contribution is 6.04. The predicted octanol–water partition coefficient (Wildman–Crippen LogP) is 5.32. The zero-order valence-electron chi connectivity index (χ0n) is 18.0. The first-order chi connectivity index (χ1) is 15.6. The molecule has 2 aromatic heterocycles. The van der Waals surface area contributed by atoms with Crippen LogP contribution in [0.1, 0.15) is 23.7 Å². The number of nitrogens with zero attached hydrogens (tertiary/aromatic N) is 3. The number of aryl methyl sites for hydroxylation is 1. The van der Waals surface area contributed by atoms with E-state index in [9.17, 15) is 4.79 Å². The Labute approximate surface area is 186 Å². The van der Waals surface area contributed by atoms with E-state index in [0.717, 1.165) is 23.4 Å². The number of carbonyl (C=O) groups is 1. The van der Waals surface area contributed by atoms with Gasteiger partial charge in [-0.2, -0.15) is 5.10 Å². The molecule has 0 saturated carbocycles. The fraction of sp³-hybridized carbons (Fsp3) is 0.160. The summed E-state index contributed by atoms with van der Waals surface area (Å²) in [4.78, 5) is 17.0. The Morgan fingerprint density at radius 1 is 1.03 bits per heavy atom. The van der Waals surface area contributed by atoms with Crippen molar-refractivity contribution in [1.82, 2.24) is 14.8 Å². The number of amides is 1. The molecule has 7 heteroatoms. The van der Waals surface area contributed by atoms with E-state index >= 15 is 0 Å². The molecule has 0 radical (unpaired) electrons. The zero-order chi connectivity index (χ0) is 22.3. The summed E-state index contributed by atoms with van der Waals surface area (Å²) < 4.78 is 13.3. The zero-order valence-corrected chi connectivity index (χ0v) is 18.0. The molecule has 0 aliphatic rings. The summed E-state index contributed by atoms with van der Waals surface area (Å²) >= 11 is 0. The summed E-state index contributed by atoms with van der Waals surface area (Å²) in [5.41, 5.74) is 2.87. The standard InChI is InChI=1S/C25H24N4O3/c1-3-13-31-21-9-7-18(8-10-21)25(30)28-20-5-4-6-22(14-20)32-23-11-12-26-24(15-23)19-16-27-29(2)17-19/h4-12,14-17H,3,13H2,1-2H3,(H,28,30). The predicted molar refractivity (Wildman–Crippen MR) is 123 cm³/mol. The SMILES string of the molecule is CCCOc1ccc(C(=O)Nc2cccc(Oc3ccnc(-c4cnn(C)c4)c3)c2)cc1. The van der Waals surface area contributed by atoms with Crippen molar-refractivity contribution in [3.63, 3.8) is 0 Å². The number of rotatable bonds is 8. The third-order valence-electron chi connectivity index (χ3n) is 4.65. The molecule has 2 heterocycles. The molecule has 32 heavy (non-hydrogen) atoms. The Bertz CT molecular complexity index is 1200. The van der Waals surface area contributed by atoms with E-state index in [-0.39, 0.29) is 5.91 Å². The largest absolute Gasteiger partial charge is 0.494 e. The first-order valence-corrected chi connectivity index (χ1v) is 10.4. The van der Waals surface area contributed by atoms with Crippen molar-refractivity contribution in [3.8, 4) is 28.5 Å². The van der Waals surface area contributed by atoms with Crippen molar-refractivity contribution in [1.29, 1.82) is 0 Å². The van der Waals surface area contributed by atoms with Crippen LogP contribution in [0, 0.1) is 0 Å². The van der Waals surface area contributed by atoms with Crippen LogP contribution in [-0.4, -0.2) is 27.3 Å². The van der Waals surface area contributed by atoms with Gasteiger partial charge in [0.05, 0.1) is 18.5 Å². The maximum absolute atomic E-state index is 12.6. The lowest BCUT2D eigenvalue weighted by molar-refractivity contribution is 0.102. The van der Waals surface area contributed by atoms with Crippen molar-refractivity contribution in [2.75, 3.05) is 11.9 Å². The average Bonchev–Trinajstić information content (AvgIpc) is 3.25. The van der Waals surface area contributed by atoms with Crippen LogP contribution >= 0.6 is 0 Å². The summed E-state index contributed by atoms with van der Waals surface area (Å²) in [5.74, 6) is 1.80. The quantitative estimate of drug-likeness (QED) is 0.411. The normalized spacial score (nSPS) is 10.6. The van der Waals surface area contributed by atoms with Crippen molar-refractivity contribution >= 4 is 11.6 Å². The summed E-state index contributed by atoms with van der Waals surface area (Å²) in [5, 5.41) is 7.08. The molecule has 0 spiro atoms. The molecular formula is C25H24N4O3. The van der Waals surface area contributed by atoms with E-state index in [0.29, 0.717) is 29.4 Å². The van der Waals surface area contributed by atoms with Crippen molar-refractivity contribution in [2.45, 2.75) is 13.3 Å². The number of hydrogen-bond donors (Lipinski definition) is 1. The Kier molecular flexibility index (Phi) is 6.46. The minimum atomic E-state index is -0.202. The topological polar surface area (TPSA) is 78.3 Å². The average molecular weight is 428 g/mol. The molecule has 1 amide bonds. The monoisotopic (exact) mass is 428 g/mol. The number of ether oxygens (including phenoxy) is 2. The van der Waals surface area contributed by atoms with Crippen molar-refractivity contribution in [2.24, 2.45) is 7.05 Å². The van der Waals surface area contributed by atoms with Crippen LogP contribution in [0.15, 0.2) is 79.3 Å². The molecule has 4 rings (SSSR count). The Morgan fingerprint density at radius 3 is 2.59 bits per heavy atom.